The molecule has 0 fully saturated rings. The zero-order valence-electron chi connectivity index (χ0n) is 11.3. The Balaban J connectivity index is 2.76. The lowest BCUT2D eigenvalue weighted by Crippen LogP contribution is -2.43. The van der Waals surface area contributed by atoms with E-state index in [1.54, 1.807) is 13.8 Å². The molecule has 1 aromatic rings. The fourth-order valence-electron chi connectivity index (χ4n) is 1.61. The van der Waals surface area contributed by atoms with E-state index in [-0.39, 0.29) is 12.0 Å². The van der Waals surface area contributed by atoms with E-state index in [0.717, 1.165) is 9.13 Å². The second kappa shape index (κ2) is 7.47. The first-order chi connectivity index (χ1) is 8.88. The largest absolute Gasteiger partial charge is 0.461 e. The maximum Gasteiger partial charge on any atom is 0.329 e. The zero-order chi connectivity index (χ0) is 14.4. The minimum atomic E-state index is -0.639. The van der Waals surface area contributed by atoms with Crippen LogP contribution in [0.3, 0.4) is 0 Å². The molecule has 0 bridgehead atoms. The topological polar surface area (TPSA) is 55.4 Å². The summed E-state index contributed by atoms with van der Waals surface area (Å²) < 4.78 is 6.28. The van der Waals surface area contributed by atoms with Gasteiger partial charge in [-0.05, 0) is 54.1 Å². The van der Waals surface area contributed by atoms with Gasteiger partial charge in [0.1, 0.15) is 6.04 Å². The zero-order valence-corrected chi connectivity index (χ0v) is 13.4. The molecule has 0 radical (unpaired) electrons. The standard InChI is InChI=1S/C14H18INO3/c1-9(2)19-14(18)13(16-10(3)17)8-11-4-6-12(15)7-5-11/h4-7,9,13H,8H2,1-3H3,(H,16,17)/t13-/m0/s1. The molecule has 0 spiro atoms. The first kappa shape index (κ1) is 15.9. The van der Waals surface area contributed by atoms with Gasteiger partial charge in [-0.15, -0.1) is 0 Å². The Morgan fingerprint density at radius 3 is 2.32 bits per heavy atom. The Morgan fingerprint density at radius 2 is 1.84 bits per heavy atom. The van der Waals surface area contributed by atoms with Gasteiger partial charge in [0, 0.05) is 16.9 Å². The summed E-state index contributed by atoms with van der Waals surface area (Å²) in [5, 5.41) is 2.63. The summed E-state index contributed by atoms with van der Waals surface area (Å²) in [4.78, 5) is 23.1. The van der Waals surface area contributed by atoms with Gasteiger partial charge >= 0.3 is 5.97 Å². The molecule has 0 aliphatic heterocycles. The number of benzene rings is 1. The highest BCUT2D eigenvalue weighted by Crippen LogP contribution is 2.10. The van der Waals surface area contributed by atoms with Gasteiger partial charge in [0.15, 0.2) is 0 Å². The molecule has 1 rings (SSSR count). The Bertz CT molecular complexity index is 443. The molecule has 5 heteroatoms. The summed E-state index contributed by atoms with van der Waals surface area (Å²) in [6, 6.07) is 7.18. The minimum Gasteiger partial charge on any atom is -0.461 e. The number of amides is 1. The van der Waals surface area contributed by atoms with Crippen LogP contribution in [0.25, 0.3) is 0 Å². The Kier molecular flexibility index (Phi) is 6.27. The van der Waals surface area contributed by atoms with Gasteiger partial charge in [-0.3, -0.25) is 4.79 Å². The molecule has 0 aliphatic rings. The molecule has 1 N–H and O–H groups in total. The third kappa shape index (κ3) is 6.04. The second-order valence-electron chi connectivity index (χ2n) is 4.57. The van der Waals surface area contributed by atoms with Crippen LogP contribution in [0.2, 0.25) is 0 Å². The van der Waals surface area contributed by atoms with Gasteiger partial charge in [0.2, 0.25) is 5.91 Å². The van der Waals surface area contributed by atoms with Crippen molar-refractivity contribution in [3.63, 3.8) is 0 Å². The van der Waals surface area contributed by atoms with Gasteiger partial charge in [-0.25, -0.2) is 4.79 Å². The lowest BCUT2D eigenvalue weighted by molar-refractivity contribution is -0.151. The highest BCUT2D eigenvalue weighted by atomic mass is 127. The molecule has 104 valence electrons. The number of carbonyl (C=O) groups is 2. The highest BCUT2D eigenvalue weighted by Gasteiger charge is 2.22. The second-order valence-corrected chi connectivity index (χ2v) is 5.81. The van der Waals surface area contributed by atoms with E-state index < -0.39 is 12.0 Å². The van der Waals surface area contributed by atoms with Crippen LogP contribution in [0, 0.1) is 3.57 Å². The number of hydrogen-bond donors (Lipinski definition) is 1. The Labute approximate surface area is 127 Å². The number of esters is 1. The van der Waals surface area contributed by atoms with Crippen LogP contribution in [-0.4, -0.2) is 24.0 Å². The summed E-state index contributed by atoms with van der Waals surface area (Å²) in [7, 11) is 0. The number of hydrogen-bond acceptors (Lipinski definition) is 3. The van der Waals surface area contributed by atoms with Crippen molar-refractivity contribution in [2.24, 2.45) is 0 Å². The fraction of sp³-hybridized carbons (Fsp3) is 0.429. The van der Waals surface area contributed by atoms with Crippen molar-refractivity contribution in [1.29, 1.82) is 0 Å². The molecule has 4 nitrogen and oxygen atoms in total. The summed E-state index contributed by atoms with van der Waals surface area (Å²) in [6.07, 6.45) is 0.239. The van der Waals surface area contributed by atoms with Gasteiger partial charge in [0.25, 0.3) is 0 Å². The summed E-state index contributed by atoms with van der Waals surface area (Å²) >= 11 is 2.22. The van der Waals surface area contributed by atoms with Crippen LogP contribution in [-0.2, 0) is 20.7 Å². The Hall–Kier alpha value is -1.11. The van der Waals surface area contributed by atoms with Crippen LogP contribution >= 0.6 is 22.6 Å². The molecule has 0 heterocycles. The fourth-order valence-corrected chi connectivity index (χ4v) is 1.97. The summed E-state index contributed by atoms with van der Waals surface area (Å²) in [5.41, 5.74) is 0.986. The van der Waals surface area contributed by atoms with Crippen LogP contribution in [0.1, 0.15) is 26.3 Å². The Morgan fingerprint density at radius 1 is 1.26 bits per heavy atom. The first-order valence-corrected chi connectivity index (χ1v) is 7.18. The number of carbonyl (C=O) groups excluding carboxylic acids is 2. The van der Waals surface area contributed by atoms with E-state index >= 15 is 0 Å². The summed E-state index contributed by atoms with van der Waals surface area (Å²) in [6.45, 7) is 4.96. The molecule has 1 atom stereocenters. The molecule has 0 aliphatic carbocycles. The van der Waals surface area contributed by atoms with E-state index in [1.807, 2.05) is 24.3 Å². The highest BCUT2D eigenvalue weighted by molar-refractivity contribution is 14.1. The van der Waals surface area contributed by atoms with Crippen molar-refractivity contribution in [2.45, 2.75) is 39.3 Å². The van der Waals surface area contributed by atoms with E-state index in [0.29, 0.717) is 6.42 Å². The van der Waals surface area contributed by atoms with Crippen molar-refractivity contribution in [2.75, 3.05) is 0 Å². The quantitative estimate of drug-likeness (QED) is 0.635. The number of nitrogens with one attached hydrogen (secondary N) is 1. The van der Waals surface area contributed by atoms with E-state index in [4.69, 9.17) is 4.74 Å². The number of rotatable bonds is 5. The molecule has 0 saturated heterocycles. The predicted octanol–water partition coefficient (Wildman–Crippen LogP) is 2.29. The van der Waals surface area contributed by atoms with Crippen LogP contribution < -0.4 is 5.32 Å². The first-order valence-electron chi connectivity index (χ1n) is 6.10. The van der Waals surface area contributed by atoms with E-state index in [2.05, 4.69) is 27.9 Å². The minimum absolute atomic E-state index is 0.194. The molecule has 0 aromatic heterocycles. The number of halogens is 1. The van der Waals surface area contributed by atoms with E-state index in [9.17, 15) is 9.59 Å². The molecule has 1 amide bonds. The van der Waals surface area contributed by atoms with Crippen molar-refractivity contribution < 1.29 is 14.3 Å². The maximum absolute atomic E-state index is 11.9. The maximum atomic E-state index is 11.9. The molecule has 0 unspecified atom stereocenters. The van der Waals surface area contributed by atoms with Gasteiger partial charge in [-0.1, -0.05) is 12.1 Å². The third-order valence-corrected chi connectivity index (χ3v) is 3.09. The van der Waals surface area contributed by atoms with E-state index in [1.165, 1.54) is 6.92 Å². The van der Waals surface area contributed by atoms with Gasteiger partial charge < -0.3 is 10.1 Å². The smallest absolute Gasteiger partial charge is 0.329 e. The van der Waals surface area contributed by atoms with Crippen molar-refractivity contribution in [3.8, 4) is 0 Å². The third-order valence-electron chi connectivity index (χ3n) is 2.37. The van der Waals surface area contributed by atoms with Crippen molar-refractivity contribution in [3.05, 3.63) is 33.4 Å². The molecule has 0 saturated carbocycles. The normalized spacial score (nSPS) is 12.1. The summed E-state index contributed by atoms with van der Waals surface area (Å²) in [5.74, 6) is -0.639. The monoisotopic (exact) mass is 375 g/mol. The number of ether oxygens (including phenoxy) is 1. The SMILES string of the molecule is CC(=O)N[C@@H](Cc1ccc(I)cc1)C(=O)OC(C)C. The molecule has 1 aromatic carbocycles. The van der Waals surface area contributed by atoms with Gasteiger partial charge in [0.05, 0.1) is 6.10 Å². The molecular weight excluding hydrogens is 357 g/mol. The average molecular weight is 375 g/mol. The van der Waals surface area contributed by atoms with Crippen molar-refractivity contribution in [1.82, 2.24) is 5.32 Å². The molecule has 19 heavy (non-hydrogen) atoms. The van der Waals surface area contributed by atoms with Crippen LogP contribution in [0.5, 0.6) is 0 Å². The van der Waals surface area contributed by atoms with Crippen molar-refractivity contribution >= 4 is 34.5 Å². The predicted molar refractivity (Wildman–Crippen MR) is 81.7 cm³/mol. The molecular formula is C14H18INO3. The average Bonchev–Trinajstić information content (AvgIpc) is 2.29. The lowest BCUT2D eigenvalue weighted by Gasteiger charge is -2.18. The lowest BCUT2D eigenvalue weighted by atomic mass is 10.1. The van der Waals surface area contributed by atoms with Crippen LogP contribution in [0.15, 0.2) is 24.3 Å². The van der Waals surface area contributed by atoms with Gasteiger partial charge in [-0.2, -0.15) is 0 Å². The van der Waals surface area contributed by atoms with Crippen LogP contribution in [0.4, 0.5) is 0 Å².